The average molecular weight is 142 g/mol. The minimum atomic E-state index is -0.339. The van der Waals surface area contributed by atoms with E-state index in [4.69, 9.17) is 4.74 Å². The molecule has 0 saturated heterocycles. The number of hydrogen-bond acceptors (Lipinski definition) is 2. The number of aliphatic hydroxyl groups is 1. The van der Waals surface area contributed by atoms with Crippen molar-refractivity contribution in [2.24, 2.45) is 0 Å². The molecule has 0 radical (unpaired) electrons. The predicted molar refractivity (Wildman–Crippen MR) is 39.6 cm³/mol. The highest BCUT2D eigenvalue weighted by molar-refractivity contribution is 5.03. The van der Waals surface area contributed by atoms with Crippen LogP contribution < -0.4 is 0 Å². The van der Waals surface area contributed by atoms with Crippen LogP contribution in [0.25, 0.3) is 0 Å². The summed E-state index contributed by atoms with van der Waals surface area (Å²) in [5.74, 6) is 0.772. The van der Waals surface area contributed by atoms with Crippen LogP contribution in [0.2, 0.25) is 0 Å². The second-order valence-corrected chi connectivity index (χ2v) is 2.49. The molecule has 2 nitrogen and oxygen atoms in total. The van der Waals surface area contributed by atoms with E-state index in [1.165, 1.54) is 0 Å². The van der Waals surface area contributed by atoms with Crippen molar-refractivity contribution < 1.29 is 9.84 Å². The Morgan fingerprint density at radius 1 is 1.80 bits per heavy atom. The molecule has 0 spiro atoms. The van der Waals surface area contributed by atoms with Crippen molar-refractivity contribution in [3.05, 3.63) is 11.8 Å². The largest absolute Gasteiger partial charge is 0.496 e. The van der Waals surface area contributed by atoms with Crippen LogP contribution >= 0.6 is 0 Å². The van der Waals surface area contributed by atoms with Gasteiger partial charge in [0.25, 0.3) is 0 Å². The van der Waals surface area contributed by atoms with E-state index in [2.05, 4.69) is 0 Å². The molecule has 0 aromatic rings. The van der Waals surface area contributed by atoms with Crippen LogP contribution in [-0.2, 0) is 4.74 Å². The van der Waals surface area contributed by atoms with Gasteiger partial charge in [-0.2, -0.15) is 0 Å². The van der Waals surface area contributed by atoms with Gasteiger partial charge in [0.15, 0.2) is 0 Å². The summed E-state index contributed by atoms with van der Waals surface area (Å²) in [6.45, 7) is 2.59. The maximum atomic E-state index is 9.31. The van der Waals surface area contributed by atoms with Gasteiger partial charge in [-0.3, -0.25) is 0 Å². The average Bonchev–Trinajstić information content (AvgIpc) is 1.94. The summed E-state index contributed by atoms with van der Waals surface area (Å²) in [6, 6.07) is 0. The third kappa shape index (κ3) is 1.74. The van der Waals surface area contributed by atoms with Gasteiger partial charge in [0, 0.05) is 0 Å². The Morgan fingerprint density at radius 2 is 2.60 bits per heavy atom. The standard InChI is InChI=1S/C8H14O2/c1-2-10-8-6-4-3-5-7(8)9/h6-7,9H,2-5H2,1H3. The second kappa shape index (κ2) is 3.62. The molecule has 58 valence electrons. The summed E-state index contributed by atoms with van der Waals surface area (Å²) < 4.78 is 5.21. The zero-order valence-corrected chi connectivity index (χ0v) is 6.34. The van der Waals surface area contributed by atoms with Crippen LogP contribution in [0.1, 0.15) is 26.2 Å². The number of allylic oxidation sites excluding steroid dienone is 1. The highest BCUT2D eigenvalue weighted by atomic mass is 16.5. The predicted octanol–water partition coefficient (Wildman–Crippen LogP) is 1.45. The Morgan fingerprint density at radius 3 is 3.20 bits per heavy atom. The Balaban J connectivity index is 2.44. The van der Waals surface area contributed by atoms with E-state index in [-0.39, 0.29) is 6.10 Å². The molecule has 10 heavy (non-hydrogen) atoms. The summed E-state index contributed by atoms with van der Waals surface area (Å²) in [5, 5.41) is 9.31. The summed E-state index contributed by atoms with van der Waals surface area (Å²) >= 11 is 0. The van der Waals surface area contributed by atoms with Crippen molar-refractivity contribution in [3.63, 3.8) is 0 Å². The van der Waals surface area contributed by atoms with E-state index < -0.39 is 0 Å². The van der Waals surface area contributed by atoms with Crippen molar-refractivity contribution in [1.29, 1.82) is 0 Å². The molecule has 1 unspecified atom stereocenters. The van der Waals surface area contributed by atoms with Gasteiger partial charge in [-0.05, 0) is 32.3 Å². The summed E-state index contributed by atoms with van der Waals surface area (Å²) in [7, 11) is 0. The lowest BCUT2D eigenvalue weighted by Gasteiger charge is -2.18. The maximum Gasteiger partial charge on any atom is 0.120 e. The Hall–Kier alpha value is -0.500. The Bertz CT molecular complexity index is 129. The van der Waals surface area contributed by atoms with Gasteiger partial charge in [-0.25, -0.2) is 0 Å². The fourth-order valence-electron chi connectivity index (χ4n) is 1.16. The van der Waals surface area contributed by atoms with Crippen LogP contribution in [0, 0.1) is 0 Å². The van der Waals surface area contributed by atoms with Crippen LogP contribution in [0.5, 0.6) is 0 Å². The van der Waals surface area contributed by atoms with Crippen molar-refractivity contribution in [2.45, 2.75) is 32.3 Å². The zero-order valence-electron chi connectivity index (χ0n) is 6.34. The molecular weight excluding hydrogens is 128 g/mol. The Labute approximate surface area is 61.5 Å². The van der Waals surface area contributed by atoms with Crippen LogP contribution in [0.4, 0.5) is 0 Å². The number of ether oxygens (including phenoxy) is 1. The van der Waals surface area contributed by atoms with E-state index in [1.54, 1.807) is 0 Å². The topological polar surface area (TPSA) is 29.5 Å². The lowest BCUT2D eigenvalue weighted by molar-refractivity contribution is 0.0934. The molecular formula is C8H14O2. The lowest BCUT2D eigenvalue weighted by atomic mass is 10.0. The fourth-order valence-corrected chi connectivity index (χ4v) is 1.16. The van der Waals surface area contributed by atoms with Gasteiger partial charge in [0.05, 0.1) is 6.61 Å². The molecule has 0 amide bonds. The van der Waals surface area contributed by atoms with E-state index in [0.717, 1.165) is 25.0 Å². The SMILES string of the molecule is CCOC1=CCCCC1O. The first-order valence-corrected chi connectivity index (χ1v) is 3.85. The molecule has 1 aliphatic rings. The van der Waals surface area contributed by atoms with E-state index in [0.29, 0.717) is 6.61 Å². The first-order valence-electron chi connectivity index (χ1n) is 3.85. The summed E-state index contributed by atoms with van der Waals surface area (Å²) in [5.41, 5.74) is 0. The van der Waals surface area contributed by atoms with Crippen LogP contribution in [0.15, 0.2) is 11.8 Å². The van der Waals surface area contributed by atoms with Crippen molar-refractivity contribution in [1.82, 2.24) is 0 Å². The molecule has 1 N–H and O–H groups in total. The van der Waals surface area contributed by atoms with Gasteiger partial charge < -0.3 is 9.84 Å². The van der Waals surface area contributed by atoms with Gasteiger partial charge in [-0.15, -0.1) is 0 Å². The third-order valence-corrected chi connectivity index (χ3v) is 1.67. The van der Waals surface area contributed by atoms with Gasteiger partial charge in [-0.1, -0.05) is 0 Å². The number of hydrogen-bond donors (Lipinski definition) is 1. The number of aliphatic hydroxyl groups excluding tert-OH is 1. The van der Waals surface area contributed by atoms with Crippen molar-refractivity contribution >= 4 is 0 Å². The molecule has 0 aromatic carbocycles. The molecule has 0 saturated carbocycles. The monoisotopic (exact) mass is 142 g/mol. The van der Waals surface area contributed by atoms with Gasteiger partial charge in [0.1, 0.15) is 11.9 Å². The highest BCUT2D eigenvalue weighted by Crippen LogP contribution is 2.18. The van der Waals surface area contributed by atoms with Crippen molar-refractivity contribution in [2.75, 3.05) is 6.61 Å². The summed E-state index contributed by atoms with van der Waals surface area (Å²) in [6.07, 6.45) is 4.63. The number of rotatable bonds is 2. The first kappa shape index (κ1) is 7.61. The second-order valence-electron chi connectivity index (χ2n) is 2.49. The van der Waals surface area contributed by atoms with Gasteiger partial charge >= 0.3 is 0 Å². The van der Waals surface area contributed by atoms with Crippen LogP contribution in [0.3, 0.4) is 0 Å². The zero-order chi connectivity index (χ0) is 7.40. The minimum absolute atomic E-state index is 0.339. The Kier molecular flexibility index (Phi) is 2.75. The van der Waals surface area contributed by atoms with Crippen LogP contribution in [-0.4, -0.2) is 17.8 Å². The van der Waals surface area contributed by atoms with Gasteiger partial charge in [0.2, 0.25) is 0 Å². The lowest BCUT2D eigenvalue weighted by Crippen LogP contribution is -2.15. The van der Waals surface area contributed by atoms with E-state index in [1.807, 2.05) is 13.0 Å². The smallest absolute Gasteiger partial charge is 0.120 e. The molecule has 2 heteroatoms. The molecule has 0 aromatic heterocycles. The van der Waals surface area contributed by atoms with E-state index >= 15 is 0 Å². The molecule has 0 bridgehead atoms. The third-order valence-electron chi connectivity index (χ3n) is 1.67. The summed E-state index contributed by atoms with van der Waals surface area (Å²) in [4.78, 5) is 0. The minimum Gasteiger partial charge on any atom is -0.496 e. The normalized spacial score (nSPS) is 25.8. The molecule has 0 aliphatic heterocycles. The molecule has 0 heterocycles. The van der Waals surface area contributed by atoms with E-state index in [9.17, 15) is 5.11 Å². The quantitative estimate of drug-likeness (QED) is 0.632. The molecule has 0 fully saturated rings. The molecule has 1 aliphatic carbocycles. The molecule has 1 rings (SSSR count). The van der Waals surface area contributed by atoms with Crippen molar-refractivity contribution in [3.8, 4) is 0 Å². The first-order chi connectivity index (χ1) is 4.84. The highest BCUT2D eigenvalue weighted by Gasteiger charge is 2.14. The maximum absolute atomic E-state index is 9.31. The molecule has 1 atom stereocenters. The fraction of sp³-hybridized carbons (Fsp3) is 0.750.